The van der Waals surface area contributed by atoms with Crippen molar-refractivity contribution in [1.29, 1.82) is 0 Å². The van der Waals surface area contributed by atoms with Gasteiger partial charge in [-0.05, 0) is 56.2 Å². The summed E-state index contributed by atoms with van der Waals surface area (Å²) in [7, 11) is 1.66. The fourth-order valence-corrected chi connectivity index (χ4v) is 4.85. The average Bonchev–Trinajstić information content (AvgIpc) is 3.48. The number of methoxy groups -OCH3 is 1. The van der Waals surface area contributed by atoms with Crippen LogP contribution >= 0.6 is 11.8 Å². The van der Waals surface area contributed by atoms with E-state index >= 15 is 0 Å². The van der Waals surface area contributed by atoms with Gasteiger partial charge in [-0.3, -0.25) is 9.36 Å². The van der Waals surface area contributed by atoms with Crippen LogP contribution in [0, 0.1) is 0 Å². The molecule has 0 aliphatic heterocycles. The zero-order chi connectivity index (χ0) is 21.6. The molecule has 7 nitrogen and oxygen atoms in total. The smallest absolute Gasteiger partial charge is 0.233 e. The molecule has 1 unspecified atom stereocenters. The Balaban J connectivity index is 1.54. The summed E-state index contributed by atoms with van der Waals surface area (Å²) in [5.41, 5.74) is 1.00. The number of rotatable bonds is 8. The van der Waals surface area contributed by atoms with Gasteiger partial charge in [-0.1, -0.05) is 31.0 Å². The van der Waals surface area contributed by atoms with Gasteiger partial charge in [-0.15, -0.1) is 10.2 Å². The Kier molecular flexibility index (Phi) is 6.96. The van der Waals surface area contributed by atoms with E-state index in [0.717, 1.165) is 40.9 Å². The lowest BCUT2D eigenvalue weighted by Gasteiger charge is -2.26. The highest BCUT2D eigenvalue weighted by atomic mass is 32.2. The molecule has 1 saturated carbocycles. The first-order valence-corrected chi connectivity index (χ1v) is 11.6. The van der Waals surface area contributed by atoms with Gasteiger partial charge < -0.3 is 14.5 Å². The Morgan fingerprint density at radius 3 is 2.68 bits per heavy atom. The van der Waals surface area contributed by atoms with Gasteiger partial charge in [-0.25, -0.2) is 0 Å². The molecule has 1 N–H and O–H groups in total. The Morgan fingerprint density at radius 2 is 2.00 bits per heavy atom. The molecule has 8 heteroatoms. The molecular formula is C23H28N4O3S. The van der Waals surface area contributed by atoms with Gasteiger partial charge in [0, 0.05) is 11.6 Å². The summed E-state index contributed by atoms with van der Waals surface area (Å²) >= 11 is 1.45. The third kappa shape index (κ3) is 5.12. The lowest BCUT2D eigenvalue weighted by Crippen LogP contribution is -2.30. The summed E-state index contributed by atoms with van der Waals surface area (Å²) in [5.74, 6) is 2.34. The van der Waals surface area contributed by atoms with Crippen LogP contribution in [0.5, 0.6) is 5.75 Å². The molecule has 3 aromatic rings. The first-order valence-electron chi connectivity index (χ1n) is 10.7. The number of benzene rings is 1. The van der Waals surface area contributed by atoms with E-state index in [1.807, 2.05) is 43.3 Å². The molecule has 1 aliphatic rings. The predicted octanol–water partition coefficient (Wildman–Crippen LogP) is 4.85. The zero-order valence-corrected chi connectivity index (χ0v) is 18.7. The van der Waals surface area contributed by atoms with Gasteiger partial charge in [0.1, 0.15) is 11.5 Å². The van der Waals surface area contributed by atoms with Gasteiger partial charge in [0.2, 0.25) is 5.91 Å². The Morgan fingerprint density at radius 1 is 1.23 bits per heavy atom. The van der Waals surface area contributed by atoms with Crippen molar-refractivity contribution in [2.75, 3.05) is 7.11 Å². The van der Waals surface area contributed by atoms with Crippen molar-refractivity contribution in [2.45, 2.75) is 62.0 Å². The first kappa shape index (κ1) is 21.5. The molecule has 0 saturated heterocycles. The van der Waals surface area contributed by atoms with Crippen molar-refractivity contribution in [3.8, 4) is 17.1 Å². The van der Waals surface area contributed by atoms with Crippen LogP contribution in [0.1, 0.15) is 50.8 Å². The molecule has 1 aliphatic carbocycles. The van der Waals surface area contributed by atoms with E-state index in [9.17, 15) is 4.79 Å². The van der Waals surface area contributed by atoms with Gasteiger partial charge in [0.25, 0.3) is 0 Å². The number of nitrogens with one attached hydrogen (secondary N) is 1. The average molecular weight is 441 g/mol. The Hall–Kier alpha value is -2.74. The van der Waals surface area contributed by atoms with E-state index in [4.69, 9.17) is 9.15 Å². The van der Waals surface area contributed by atoms with Gasteiger partial charge >= 0.3 is 0 Å². The maximum atomic E-state index is 12.6. The number of furan rings is 1. The van der Waals surface area contributed by atoms with E-state index < -0.39 is 0 Å². The second kappa shape index (κ2) is 10.0. The maximum absolute atomic E-state index is 12.6. The van der Waals surface area contributed by atoms with Crippen LogP contribution < -0.4 is 10.1 Å². The van der Waals surface area contributed by atoms with Crippen LogP contribution in [0.3, 0.4) is 0 Å². The quantitative estimate of drug-likeness (QED) is 0.504. The fraction of sp³-hybridized carbons (Fsp3) is 0.435. The summed E-state index contributed by atoms with van der Waals surface area (Å²) in [6.07, 6.45) is 7.49. The minimum atomic E-state index is -0.301. The van der Waals surface area contributed by atoms with Crippen LogP contribution in [-0.4, -0.2) is 33.0 Å². The molecule has 1 fully saturated rings. The molecule has 1 aromatic carbocycles. The Labute approximate surface area is 186 Å². The van der Waals surface area contributed by atoms with Crippen molar-refractivity contribution in [3.63, 3.8) is 0 Å². The third-order valence-electron chi connectivity index (χ3n) is 5.62. The maximum Gasteiger partial charge on any atom is 0.233 e. The fourth-order valence-electron chi connectivity index (χ4n) is 3.91. The minimum absolute atomic E-state index is 0.0504. The van der Waals surface area contributed by atoms with Crippen LogP contribution in [0.25, 0.3) is 11.4 Å². The van der Waals surface area contributed by atoms with Gasteiger partial charge in [-0.2, -0.15) is 0 Å². The van der Waals surface area contributed by atoms with Crippen LogP contribution in [0.15, 0.2) is 52.2 Å². The molecule has 2 aromatic heterocycles. The summed E-state index contributed by atoms with van der Waals surface area (Å²) in [4.78, 5) is 12.6. The highest BCUT2D eigenvalue weighted by Gasteiger charge is 2.26. The summed E-state index contributed by atoms with van der Waals surface area (Å²) in [5, 5.41) is 12.4. The van der Waals surface area contributed by atoms with Crippen LogP contribution in [0.2, 0.25) is 0 Å². The zero-order valence-electron chi connectivity index (χ0n) is 17.9. The largest absolute Gasteiger partial charge is 0.497 e. The molecule has 1 atom stereocenters. The summed E-state index contributed by atoms with van der Waals surface area (Å²) in [6, 6.07) is 11.9. The lowest BCUT2D eigenvalue weighted by atomic mass is 9.95. The van der Waals surface area contributed by atoms with Crippen molar-refractivity contribution in [2.24, 2.45) is 0 Å². The molecule has 0 radical (unpaired) electrons. The molecule has 2 heterocycles. The van der Waals surface area contributed by atoms with E-state index in [1.165, 1.54) is 31.0 Å². The summed E-state index contributed by atoms with van der Waals surface area (Å²) < 4.78 is 12.8. The third-order valence-corrected chi connectivity index (χ3v) is 6.68. The molecule has 31 heavy (non-hydrogen) atoms. The number of thioether (sulfide) groups is 1. The second-order valence-corrected chi connectivity index (χ2v) is 9.06. The van der Waals surface area contributed by atoms with E-state index in [0.29, 0.717) is 12.6 Å². The molecule has 164 valence electrons. The Bertz CT molecular complexity index is 979. The monoisotopic (exact) mass is 440 g/mol. The van der Waals surface area contributed by atoms with Crippen molar-refractivity contribution < 1.29 is 13.9 Å². The molecular weight excluding hydrogens is 412 g/mol. The number of hydrogen-bond donors (Lipinski definition) is 1. The highest BCUT2D eigenvalue weighted by molar-refractivity contribution is 8.00. The number of carbonyl (C=O) groups excluding carboxylic acids is 1. The summed E-state index contributed by atoms with van der Waals surface area (Å²) in [6.45, 7) is 2.28. The van der Waals surface area contributed by atoms with Gasteiger partial charge in [0.05, 0.1) is 25.2 Å². The SMILES string of the molecule is COc1ccc(-c2nnc(SC(C)C(=O)NCc3ccco3)n2C2CCCCC2)cc1. The standard InChI is InChI=1S/C23H28N4O3S/c1-16(22(28)24-15-20-9-6-14-30-20)31-23-26-25-21(17-10-12-19(29-2)13-11-17)27(23)18-7-4-3-5-8-18/h6,9-14,16,18H,3-5,7-8,15H2,1-2H3,(H,24,28). The number of carbonyl (C=O) groups is 1. The molecule has 4 rings (SSSR count). The predicted molar refractivity (Wildman–Crippen MR) is 120 cm³/mol. The number of amides is 1. The number of aromatic nitrogens is 3. The van der Waals surface area contributed by atoms with Crippen molar-refractivity contribution in [1.82, 2.24) is 20.1 Å². The van der Waals surface area contributed by atoms with E-state index in [-0.39, 0.29) is 11.2 Å². The van der Waals surface area contributed by atoms with Gasteiger partial charge in [0.15, 0.2) is 11.0 Å². The molecule has 1 amide bonds. The van der Waals surface area contributed by atoms with E-state index in [2.05, 4.69) is 20.1 Å². The normalized spacial score (nSPS) is 15.5. The van der Waals surface area contributed by atoms with Crippen molar-refractivity contribution >= 4 is 17.7 Å². The van der Waals surface area contributed by atoms with Crippen LogP contribution in [-0.2, 0) is 11.3 Å². The topological polar surface area (TPSA) is 82.2 Å². The number of ether oxygens (including phenoxy) is 1. The first-order chi connectivity index (χ1) is 15.2. The van der Waals surface area contributed by atoms with Crippen molar-refractivity contribution in [3.05, 3.63) is 48.4 Å². The minimum Gasteiger partial charge on any atom is -0.497 e. The molecule has 0 bridgehead atoms. The van der Waals surface area contributed by atoms with Crippen LogP contribution in [0.4, 0.5) is 0 Å². The highest BCUT2D eigenvalue weighted by Crippen LogP contribution is 2.36. The molecule has 0 spiro atoms. The number of hydrogen-bond acceptors (Lipinski definition) is 6. The lowest BCUT2D eigenvalue weighted by molar-refractivity contribution is -0.120. The second-order valence-electron chi connectivity index (χ2n) is 7.75. The van der Waals surface area contributed by atoms with E-state index in [1.54, 1.807) is 13.4 Å². The number of nitrogens with zero attached hydrogens (tertiary/aromatic N) is 3.